The fourth-order valence-electron chi connectivity index (χ4n) is 3.21. The van der Waals surface area contributed by atoms with Crippen LogP contribution in [-0.4, -0.2) is 39.5 Å². The van der Waals surface area contributed by atoms with Crippen LogP contribution in [0.25, 0.3) is 10.9 Å². The van der Waals surface area contributed by atoms with E-state index in [1.54, 1.807) is 0 Å². The van der Waals surface area contributed by atoms with Crippen LogP contribution in [0, 0.1) is 0 Å². The van der Waals surface area contributed by atoms with Crippen molar-refractivity contribution in [2.45, 2.75) is 45.2 Å². The maximum Gasteiger partial charge on any atom is 0.261 e. The number of aromatic nitrogens is 2. The van der Waals surface area contributed by atoms with Crippen molar-refractivity contribution >= 4 is 16.8 Å². The Kier molecular flexibility index (Phi) is 4.22. The number of para-hydroxylation sites is 1. The van der Waals surface area contributed by atoms with Crippen LogP contribution in [0.15, 0.2) is 30.6 Å². The summed E-state index contributed by atoms with van der Waals surface area (Å²) in [4.78, 5) is 22.8. The summed E-state index contributed by atoms with van der Waals surface area (Å²) in [5, 5.41) is 0.831. The van der Waals surface area contributed by atoms with Crippen LogP contribution in [-0.2, 0) is 4.79 Å². The van der Waals surface area contributed by atoms with Crippen LogP contribution < -0.4 is 4.74 Å². The molecule has 116 valence electrons. The molecule has 0 spiro atoms. The summed E-state index contributed by atoms with van der Waals surface area (Å²) >= 11 is 0. The molecule has 1 aliphatic heterocycles. The first kappa shape index (κ1) is 14.8. The Morgan fingerprint density at radius 1 is 1.23 bits per heavy atom. The minimum absolute atomic E-state index is 0.0235. The van der Waals surface area contributed by atoms with E-state index in [4.69, 9.17) is 4.74 Å². The molecule has 1 aromatic carbocycles. The first-order valence-corrected chi connectivity index (χ1v) is 7.80. The molecule has 0 bridgehead atoms. The van der Waals surface area contributed by atoms with E-state index in [2.05, 4.69) is 23.8 Å². The van der Waals surface area contributed by atoms with E-state index in [0.717, 1.165) is 23.7 Å². The molecule has 3 rings (SSSR count). The lowest BCUT2D eigenvalue weighted by Gasteiger charge is -2.38. The van der Waals surface area contributed by atoms with Gasteiger partial charge in [0.1, 0.15) is 6.33 Å². The summed E-state index contributed by atoms with van der Waals surface area (Å²) in [6.07, 6.45) is 4.77. The maximum atomic E-state index is 12.5. The molecule has 1 aliphatic rings. The van der Waals surface area contributed by atoms with Gasteiger partial charge >= 0.3 is 0 Å². The molecule has 0 radical (unpaired) electrons. The van der Waals surface area contributed by atoms with Gasteiger partial charge < -0.3 is 9.64 Å². The second-order valence-electron chi connectivity index (χ2n) is 5.91. The van der Waals surface area contributed by atoms with Gasteiger partial charge in [0.2, 0.25) is 5.88 Å². The van der Waals surface area contributed by atoms with Crippen LogP contribution in [0.2, 0.25) is 0 Å². The van der Waals surface area contributed by atoms with Gasteiger partial charge in [-0.3, -0.25) is 4.79 Å². The maximum absolute atomic E-state index is 12.5. The van der Waals surface area contributed by atoms with Crippen molar-refractivity contribution in [3.63, 3.8) is 0 Å². The standard InChI is InChI=1S/C17H21N3O2/c1-12-6-5-7-13(2)20(12)16(21)10-22-17-14-8-3-4-9-15(14)18-11-19-17/h3-4,8-9,11-13H,5-7,10H2,1-2H3/t12-,13+. The number of carbonyl (C=O) groups excluding carboxylic acids is 1. The molecule has 2 atom stereocenters. The summed E-state index contributed by atoms with van der Waals surface area (Å²) < 4.78 is 5.69. The van der Waals surface area contributed by atoms with E-state index in [9.17, 15) is 4.79 Å². The van der Waals surface area contributed by atoms with Crippen LogP contribution in [0.4, 0.5) is 0 Å². The number of amides is 1. The first-order valence-electron chi connectivity index (χ1n) is 7.80. The zero-order valence-corrected chi connectivity index (χ0v) is 13.0. The number of likely N-dealkylation sites (tertiary alicyclic amines) is 1. The number of nitrogens with zero attached hydrogens (tertiary/aromatic N) is 3. The van der Waals surface area contributed by atoms with E-state index in [0.29, 0.717) is 5.88 Å². The van der Waals surface area contributed by atoms with Gasteiger partial charge in [-0.2, -0.15) is 0 Å². The molecular formula is C17H21N3O2. The molecule has 22 heavy (non-hydrogen) atoms. The van der Waals surface area contributed by atoms with E-state index in [1.165, 1.54) is 12.7 Å². The number of hydrogen-bond acceptors (Lipinski definition) is 4. The highest BCUT2D eigenvalue weighted by molar-refractivity contribution is 5.84. The lowest BCUT2D eigenvalue weighted by Crippen LogP contribution is -2.49. The van der Waals surface area contributed by atoms with Gasteiger partial charge in [0.15, 0.2) is 6.61 Å². The zero-order chi connectivity index (χ0) is 15.5. The Labute approximate surface area is 130 Å². The van der Waals surface area contributed by atoms with Gasteiger partial charge in [0, 0.05) is 12.1 Å². The van der Waals surface area contributed by atoms with Gasteiger partial charge in [-0.1, -0.05) is 12.1 Å². The van der Waals surface area contributed by atoms with Crippen molar-refractivity contribution in [2.75, 3.05) is 6.61 Å². The zero-order valence-electron chi connectivity index (χ0n) is 13.0. The van der Waals surface area contributed by atoms with Crippen molar-refractivity contribution in [3.05, 3.63) is 30.6 Å². The van der Waals surface area contributed by atoms with E-state index in [-0.39, 0.29) is 24.6 Å². The van der Waals surface area contributed by atoms with Gasteiger partial charge in [-0.25, -0.2) is 9.97 Å². The highest BCUT2D eigenvalue weighted by Gasteiger charge is 2.29. The Morgan fingerprint density at radius 3 is 2.73 bits per heavy atom. The Morgan fingerprint density at radius 2 is 1.95 bits per heavy atom. The second kappa shape index (κ2) is 6.30. The molecule has 1 saturated heterocycles. The third-order valence-corrected chi connectivity index (χ3v) is 4.32. The number of rotatable bonds is 3. The number of carbonyl (C=O) groups is 1. The van der Waals surface area contributed by atoms with Crippen molar-refractivity contribution in [2.24, 2.45) is 0 Å². The van der Waals surface area contributed by atoms with Crippen molar-refractivity contribution in [1.29, 1.82) is 0 Å². The lowest BCUT2D eigenvalue weighted by atomic mass is 9.97. The molecule has 0 aliphatic carbocycles. The first-order chi connectivity index (χ1) is 10.7. The highest BCUT2D eigenvalue weighted by atomic mass is 16.5. The van der Waals surface area contributed by atoms with Gasteiger partial charge in [0.25, 0.3) is 5.91 Å². The van der Waals surface area contributed by atoms with Crippen molar-refractivity contribution < 1.29 is 9.53 Å². The summed E-state index contributed by atoms with van der Waals surface area (Å²) in [5.74, 6) is 0.499. The fourth-order valence-corrected chi connectivity index (χ4v) is 3.21. The smallest absolute Gasteiger partial charge is 0.261 e. The molecule has 1 amide bonds. The molecular weight excluding hydrogens is 278 g/mol. The number of piperidine rings is 1. The number of ether oxygens (including phenoxy) is 1. The molecule has 5 heteroatoms. The topological polar surface area (TPSA) is 55.3 Å². The quantitative estimate of drug-likeness (QED) is 0.874. The third-order valence-electron chi connectivity index (χ3n) is 4.32. The Hall–Kier alpha value is -2.17. The predicted octanol–water partition coefficient (Wildman–Crippen LogP) is 2.80. The minimum Gasteiger partial charge on any atom is -0.467 e. The minimum atomic E-state index is 0.0235. The van der Waals surface area contributed by atoms with Crippen LogP contribution in [0.5, 0.6) is 5.88 Å². The molecule has 0 saturated carbocycles. The third kappa shape index (κ3) is 2.89. The Balaban J connectivity index is 1.72. The van der Waals surface area contributed by atoms with Crippen molar-refractivity contribution in [3.8, 4) is 5.88 Å². The summed E-state index contributed by atoms with van der Waals surface area (Å²) in [7, 11) is 0. The highest BCUT2D eigenvalue weighted by Crippen LogP contribution is 2.24. The Bertz CT molecular complexity index is 659. The number of fused-ring (bicyclic) bond motifs is 1. The monoisotopic (exact) mass is 299 g/mol. The predicted molar refractivity (Wildman–Crippen MR) is 84.7 cm³/mol. The van der Waals surface area contributed by atoms with Gasteiger partial charge in [-0.05, 0) is 45.2 Å². The molecule has 2 heterocycles. The molecule has 1 aromatic heterocycles. The SMILES string of the molecule is C[C@@H]1CCC[C@H](C)N1C(=O)COc1ncnc2ccccc12. The lowest BCUT2D eigenvalue weighted by molar-refractivity contribution is -0.139. The van der Waals surface area contributed by atoms with Crippen molar-refractivity contribution in [1.82, 2.24) is 14.9 Å². The summed E-state index contributed by atoms with van der Waals surface area (Å²) in [6, 6.07) is 8.20. The molecule has 2 aromatic rings. The van der Waals surface area contributed by atoms with E-state index >= 15 is 0 Å². The molecule has 0 N–H and O–H groups in total. The van der Waals surface area contributed by atoms with Crippen LogP contribution in [0.1, 0.15) is 33.1 Å². The average molecular weight is 299 g/mol. The molecule has 5 nitrogen and oxygen atoms in total. The molecule has 1 fully saturated rings. The van der Waals surface area contributed by atoms with E-state index in [1.807, 2.05) is 29.2 Å². The van der Waals surface area contributed by atoms with Gasteiger partial charge in [-0.15, -0.1) is 0 Å². The summed E-state index contributed by atoms with van der Waals surface area (Å²) in [6.45, 7) is 4.23. The fraction of sp³-hybridized carbons (Fsp3) is 0.471. The second-order valence-corrected chi connectivity index (χ2v) is 5.91. The number of hydrogen-bond donors (Lipinski definition) is 0. The molecule has 0 unspecified atom stereocenters. The summed E-state index contributed by atoms with van der Waals surface area (Å²) in [5.41, 5.74) is 0.819. The normalized spacial score (nSPS) is 21.8. The largest absolute Gasteiger partial charge is 0.467 e. The average Bonchev–Trinajstić information content (AvgIpc) is 2.52. The van der Waals surface area contributed by atoms with Crippen LogP contribution >= 0.6 is 0 Å². The van der Waals surface area contributed by atoms with Crippen LogP contribution in [0.3, 0.4) is 0 Å². The van der Waals surface area contributed by atoms with Gasteiger partial charge in [0.05, 0.1) is 10.9 Å². The number of benzene rings is 1. The van der Waals surface area contributed by atoms with E-state index < -0.39 is 0 Å².